The van der Waals surface area contributed by atoms with Crippen LogP contribution < -0.4 is 0 Å². The molecular formula is C17H18F3N3O2. The molecule has 3 rings (SSSR count). The third-order valence-electron chi connectivity index (χ3n) is 4.53. The molecule has 1 N–H and O–H groups in total. The number of piperidine rings is 1. The van der Waals surface area contributed by atoms with Gasteiger partial charge in [0.25, 0.3) is 0 Å². The molecule has 0 bridgehead atoms. The zero-order valence-corrected chi connectivity index (χ0v) is 13.6. The van der Waals surface area contributed by atoms with Crippen LogP contribution in [-0.2, 0) is 13.2 Å². The number of likely N-dealkylation sites (tertiary alicyclic amines) is 1. The molecule has 0 radical (unpaired) electrons. The Balaban J connectivity index is 1.83. The number of imidazole rings is 1. The van der Waals surface area contributed by atoms with E-state index in [4.69, 9.17) is 5.11 Å². The Kier molecular flexibility index (Phi) is 4.45. The van der Waals surface area contributed by atoms with E-state index in [-0.39, 0.29) is 5.92 Å². The molecule has 134 valence electrons. The zero-order chi connectivity index (χ0) is 18.2. The highest BCUT2D eigenvalue weighted by atomic mass is 19.4. The van der Waals surface area contributed by atoms with E-state index in [0.29, 0.717) is 37.2 Å². The summed E-state index contributed by atoms with van der Waals surface area (Å²) in [7, 11) is 1.81. The third-order valence-corrected chi connectivity index (χ3v) is 4.53. The van der Waals surface area contributed by atoms with E-state index in [1.165, 1.54) is 11.0 Å². The first-order valence-corrected chi connectivity index (χ1v) is 7.94. The molecular weight excluding hydrogens is 335 g/mol. The van der Waals surface area contributed by atoms with E-state index < -0.39 is 17.8 Å². The van der Waals surface area contributed by atoms with E-state index in [1.807, 2.05) is 11.6 Å². The van der Waals surface area contributed by atoms with Gasteiger partial charge in [-0.05, 0) is 25.0 Å². The van der Waals surface area contributed by atoms with Crippen molar-refractivity contribution in [1.29, 1.82) is 0 Å². The highest BCUT2D eigenvalue weighted by Gasteiger charge is 2.31. The Morgan fingerprint density at radius 3 is 2.56 bits per heavy atom. The van der Waals surface area contributed by atoms with E-state index in [0.717, 1.165) is 18.0 Å². The molecule has 0 spiro atoms. The predicted molar refractivity (Wildman–Crippen MR) is 85.2 cm³/mol. The van der Waals surface area contributed by atoms with E-state index in [1.54, 1.807) is 12.3 Å². The molecule has 5 nitrogen and oxygen atoms in total. The Morgan fingerprint density at radius 2 is 1.96 bits per heavy atom. The summed E-state index contributed by atoms with van der Waals surface area (Å²) in [6.07, 6.45) is -2.30. The molecule has 1 aliphatic heterocycles. The van der Waals surface area contributed by atoms with Crippen molar-refractivity contribution in [2.24, 2.45) is 7.05 Å². The topological polar surface area (TPSA) is 58.4 Å². The average molecular weight is 353 g/mol. The van der Waals surface area contributed by atoms with Crippen molar-refractivity contribution in [2.45, 2.75) is 24.9 Å². The quantitative estimate of drug-likeness (QED) is 0.889. The van der Waals surface area contributed by atoms with Gasteiger partial charge in [-0.25, -0.2) is 9.78 Å². The largest absolute Gasteiger partial charge is 0.465 e. The maximum atomic E-state index is 12.9. The number of hydrogen-bond acceptors (Lipinski definition) is 2. The second-order valence-corrected chi connectivity index (χ2v) is 6.22. The lowest BCUT2D eigenvalue weighted by atomic mass is 9.96. The Labute approximate surface area is 142 Å². The normalized spacial score (nSPS) is 16.2. The van der Waals surface area contributed by atoms with Crippen LogP contribution in [-0.4, -0.2) is 38.7 Å². The van der Waals surface area contributed by atoms with Gasteiger partial charge in [-0.2, -0.15) is 13.2 Å². The number of alkyl halides is 3. The van der Waals surface area contributed by atoms with E-state index >= 15 is 0 Å². The predicted octanol–water partition coefficient (Wildman–Crippen LogP) is 3.96. The van der Waals surface area contributed by atoms with Crippen LogP contribution in [0.15, 0.2) is 30.5 Å². The number of carboxylic acid groups (broad SMARTS) is 1. The van der Waals surface area contributed by atoms with Gasteiger partial charge >= 0.3 is 12.3 Å². The smallest absolute Gasteiger partial charge is 0.416 e. The number of hydrogen-bond donors (Lipinski definition) is 1. The summed E-state index contributed by atoms with van der Waals surface area (Å²) in [5.41, 5.74) is 0.205. The molecule has 2 aromatic rings. The fraction of sp³-hybridized carbons (Fsp3) is 0.412. The van der Waals surface area contributed by atoms with Crippen LogP contribution in [0.1, 0.15) is 30.1 Å². The van der Waals surface area contributed by atoms with Crippen LogP contribution in [0, 0.1) is 0 Å². The van der Waals surface area contributed by atoms with Gasteiger partial charge in [-0.15, -0.1) is 0 Å². The number of nitrogens with zero attached hydrogens (tertiary/aromatic N) is 3. The van der Waals surface area contributed by atoms with E-state index in [2.05, 4.69) is 4.98 Å². The number of carbonyl (C=O) groups is 1. The molecule has 0 aliphatic carbocycles. The van der Waals surface area contributed by atoms with Crippen LogP contribution in [0.4, 0.5) is 18.0 Å². The molecule has 0 unspecified atom stereocenters. The lowest BCUT2D eigenvalue weighted by Crippen LogP contribution is -2.37. The van der Waals surface area contributed by atoms with Gasteiger partial charge in [0.15, 0.2) is 0 Å². The van der Waals surface area contributed by atoms with Gasteiger partial charge in [0.2, 0.25) is 0 Å². The average Bonchev–Trinajstić information content (AvgIpc) is 2.96. The van der Waals surface area contributed by atoms with Gasteiger partial charge in [0.1, 0.15) is 5.82 Å². The van der Waals surface area contributed by atoms with Gasteiger partial charge in [-0.1, -0.05) is 12.1 Å². The third kappa shape index (κ3) is 3.62. The molecule has 1 fully saturated rings. The van der Waals surface area contributed by atoms with Crippen LogP contribution >= 0.6 is 0 Å². The number of amides is 1. The number of aryl methyl sites for hydroxylation is 1. The summed E-state index contributed by atoms with van der Waals surface area (Å²) in [6.45, 7) is 0.873. The Bertz CT molecular complexity index is 778. The summed E-state index contributed by atoms with van der Waals surface area (Å²) < 4.78 is 40.5. The number of halogens is 3. The Hall–Kier alpha value is -2.51. The second kappa shape index (κ2) is 6.42. The standard InChI is InChI=1S/C17H18F3N3O2/c1-22-10-14(12-3-2-4-13(9-12)17(18,19)20)21-15(22)11-5-7-23(8-6-11)16(24)25/h2-4,9-11H,5-8H2,1H3,(H,24,25). The minimum atomic E-state index is -4.39. The monoisotopic (exact) mass is 353 g/mol. The van der Waals surface area contributed by atoms with Crippen molar-refractivity contribution in [3.63, 3.8) is 0 Å². The molecule has 1 aromatic carbocycles. The van der Waals surface area contributed by atoms with Crippen molar-refractivity contribution in [1.82, 2.24) is 14.5 Å². The molecule has 8 heteroatoms. The molecule has 0 atom stereocenters. The van der Waals surface area contributed by atoms with Gasteiger partial charge in [0, 0.05) is 37.8 Å². The highest BCUT2D eigenvalue weighted by molar-refractivity contribution is 5.65. The minimum Gasteiger partial charge on any atom is -0.465 e. The van der Waals surface area contributed by atoms with Gasteiger partial charge in [-0.3, -0.25) is 0 Å². The summed E-state index contributed by atoms with van der Waals surface area (Å²) in [6, 6.07) is 5.11. The summed E-state index contributed by atoms with van der Waals surface area (Å²) in [5, 5.41) is 9.01. The molecule has 1 aliphatic rings. The highest BCUT2D eigenvalue weighted by Crippen LogP contribution is 2.33. The lowest BCUT2D eigenvalue weighted by Gasteiger charge is -2.29. The lowest BCUT2D eigenvalue weighted by molar-refractivity contribution is -0.137. The number of rotatable bonds is 2. The molecule has 1 saturated heterocycles. The van der Waals surface area contributed by atoms with Gasteiger partial charge in [0.05, 0.1) is 11.3 Å². The SMILES string of the molecule is Cn1cc(-c2cccc(C(F)(F)F)c2)nc1C1CCN(C(=O)O)CC1. The number of benzene rings is 1. The second-order valence-electron chi connectivity index (χ2n) is 6.22. The fourth-order valence-corrected chi connectivity index (χ4v) is 3.18. The maximum absolute atomic E-state index is 12.9. The first-order valence-electron chi connectivity index (χ1n) is 7.94. The van der Waals surface area contributed by atoms with Crippen LogP contribution in [0.5, 0.6) is 0 Å². The summed E-state index contributed by atoms with van der Waals surface area (Å²) in [4.78, 5) is 16.9. The fourth-order valence-electron chi connectivity index (χ4n) is 3.18. The maximum Gasteiger partial charge on any atom is 0.416 e. The first kappa shape index (κ1) is 17.3. The summed E-state index contributed by atoms with van der Waals surface area (Å²) in [5.74, 6) is 0.873. The zero-order valence-electron chi connectivity index (χ0n) is 13.6. The van der Waals surface area contributed by atoms with E-state index in [9.17, 15) is 18.0 Å². The molecule has 1 aromatic heterocycles. The van der Waals surface area contributed by atoms with Gasteiger partial charge < -0.3 is 14.6 Å². The molecule has 2 heterocycles. The summed E-state index contributed by atoms with van der Waals surface area (Å²) >= 11 is 0. The minimum absolute atomic E-state index is 0.0974. The molecule has 1 amide bonds. The van der Waals surface area contributed by atoms with Crippen LogP contribution in [0.25, 0.3) is 11.3 Å². The Morgan fingerprint density at radius 1 is 1.28 bits per heavy atom. The molecule has 25 heavy (non-hydrogen) atoms. The van der Waals surface area contributed by atoms with Crippen molar-refractivity contribution >= 4 is 6.09 Å². The van der Waals surface area contributed by atoms with Crippen molar-refractivity contribution in [2.75, 3.05) is 13.1 Å². The van der Waals surface area contributed by atoms with Crippen LogP contribution in [0.3, 0.4) is 0 Å². The van der Waals surface area contributed by atoms with Crippen molar-refractivity contribution < 1.29 is 23.1 Å². The number of aromatic nitrogens is 2. The van der Waals surface area contributed by atoms with Crippen molar-refractivity contribution in [3.05, 3.63) is 41.9 Å². The molecule has 0 saturated carbocycles. The first-order chi connectivity index (χ1) is 11.8. The van der Waals surface area contributed by atoms with Crippen LogP contribution in [0.2, 0.25) is 0 Å². The van der Waals surface area contributed by atoms with Crippen molar-refractivity contribution in [3.8, 4) is 11.3 Å².